The molecule has 2 N–H and O–H groups in total. The van der Waals surface area contributed by atoms with Crippen molar-refractivity contribution in [3.63, 3.8) is 0 Å². The molecule has 3 nitrogen and oxygen atoms in total. The van der Waals surface area contributed by atoms with E-state index in [1.54, 1.807) is 0 Å². The lowest BCUT2D eigenvalue weighted by Crippen LogP contribution is -2.29. The van der Waals surface area contributed by atoms with Crippen LogP contribution in [0.1, 0.15) is 26.7 Å². The van der Waals surface area contributed by atoms with Gasteiger partial charge < -0.3 is 15.1 Å². The van der Waals surface area contributed by atoms with E-state index in [9.17, 15) is 5.11 Å². The van der Waals surface area contributed by atoms with E-state index < -0.39 is 0 Å². The second-order valence-electron chi connectivity index (χ2n) is 3.01. The van der Waals surface area contributed by atoms with Crippen molar-refractivity contribution in [2.45, 2.75) is 32.8 Å². The molecule has 3 heteroatoms. The minimum atomic E-state index is -0.183. The van der Waals surface area contributed by atoms with Crippen LogP contribution in [0.3, 0.4) is 0 Å². The van der Waals surface area contributed by atoms with Crippen molar-refractivity contribution < 1.29 is 10.2 Å². The number of hydrogen-bond donors (Lipinski definition) is 2. The average molecular weight is 175 g/mol. The molecule has 0 radical (unpaired) electrons. The lowest BCUT2D eigenvalue weighted by Gasteiger charge is -2.20. The van der Waals surface area contributed by atoms with Crippen LogP contribution in [-0.4, -0.2) is 47.5 Å². The van der Waals surface area contributed by atoms with Crippen LogP contribution in [0.2, 0.25) is 0 Å². The summed E-state index contributed by atoms with van der Waals surface area (Å²) in [6.07, 6.45) is 1.44. The van der Waals surface area contributed by atoms with E-state index in [1.807, 2.05) is 6.92 Å². The van der Waals surface area contributed by atoms with Crippen LogP contribution in [0, 0.1) is 0 Å². The lowest BCUT2D eigenvalue weighted by molar-refractivity contribution is 0.129. The molecule has 0 saturated heterocycles. The summed E-state index contributed by atoms with van der Waals surface area (Å²) >= 11 is 0. The molecule has 74 valence electrons. The predicted octanol–water partition coefficient (Wildman–Crippen LogP) is 0.462. The Balaban J connectivity index is 3.43. The molecule has 0 heterocycles. The van der Waals surface area contributed by atoms with Gasteiger partial charge in [0, 0.05) is 13.1 Å². The van der Waals surface area contributed by atoms with Crippen LogP contribution in [0.5, 0.6) is 0 Å². The molecule has 0 bridgehead atoms. The standard InChI is InChI=1S/C9H21NO2/c1-3-9(12)5-6-10(4-2)7-8-11/h9,11-12H,3-8H2,1-2H3. The van der Waals surface area contributed by atoms with Gasteiger partial charge in [-0.25, -0.2) is 0 Å². The molecule has 0 saturated carbocycles. The van der Waals surface area contributed by atoms with Crippen molar-refractivity contribution in [2.75, 3.05) is 26.2 Å². The Hall–Kier alpha value is -0.120. The van der Waals surface area contributed by atoms with Gasteiger partial charge >= 0.3 is 0 Å². The maximum atomic E-state index is 9.28. The van der Waals surface area contributed by atoms with Gasteiger partial charge in [0.2, 0.25) is 0 Å². The molecule has 0 aliphatic rings. The van der Waals surface area contributed by atoms with E-state index in [0.29, 0.717) is 6.54 Å². The van der Waals surface area contributed by atoms with Gasteiger partial charge in [-0.05, 0) is 19.4 Å². The third-order valence-corrected chi connectivity index (χ3v) is 2.11. The average Bonchev–Trinajstić information content (AvgIpc) is 2.11. The van der Waals surface area contributed by atoms with Crippen LogP contribution >= 0.6 is 0 Å². The summed E-state index contributed by atoms with van der Waals surface area (Å²) in [6, 6.07) is 0. The summed E-state index contributed by atoms with van der Waals surface area (Å²) in [5.41, 5.74) is 0. The summed E-state index contributed by atoms with van der Waals surface area (Å²) in [5.74, 6) is 0. The highest BCUT2D eigenvalue weighted by Crippen LogP contribution is 1.99. The van der Waals surface area contributed by atoms with E-state index in [2.05, 4.69) is 11.8 Å². The first-order valence-corrected chi connectivity index (χ1v) is 4.75. The number of hydrogen-bond acceptors (Lipinski definition) is 3. The van der Waals surface area contributed by atoms with E-state index in [0.717, 1.165) is 25.9 Å². The molecular formula is C9H21NO2. The van der Waals surface area contributed by atoms with E-state index in [-0.39, 0.29) is 12.7 Å². The maximum Gasteiger partial charge on any atom is 0.0558 e. The van der Waals surface area contributed by atoms with Gasteiger partial charge in [-0.3, -0.25) is 0 Å². The summed E-state index contributed by atoms with van der Waals surface area (Å²) < 4.78 is 0. The van der Waals surface area contributed by atoms with Gasteiger partial charge in [0.25, 0.3) is 0 Å². The summed E-state index contributed by atoms with van der Waals surface area (Å²) in [7, 11) is 0. The molecule has 0 spiro atoms. The number of likely N-dealkylation sites (N-methyl/N-ethyl adjacent to an activating group) is 1. The number of aliphatic hydroxyl groups is 2. The van der Waals surface area contributed by atoms with Gasteiger partial charge in [-0.15, -0.1) is 0 Å². The zero-order valence-electron chi connectivity index (χ0n) is 8.16. The van der Waals surface area contributed by atoms with Crippen LogP contribution in [0.4, 0.5) is 0 Å². The molecule has 1 atom stereocenters. The Morgan fingerprint density at radius 1 is 1.25 bits per heavy atom. The molecule has 0 aromatic rings. The van der Waals surface area contributed by atoms with Crippen molar-refractivity contribution in [2.24, 2.45) is 0 Å². The predicted molar refractivity (Wildman–Crippen MR) is 50.1 cm³/mol. The quantitative estimate of drug-likeness (QED) is 0.591. The summed E-state index contributed by atoms with van der Waals surface area (Å²) in [4.78, 5) is 2.14. The minimum absolute atomic E-state index is 0.183. The number of aliphatic hydroxyl groups excluding tert-OH is 2. The zero-order chi connectivity index (χ0) is 9.40. The fourth-order valence-electron chi connectivity index (χ4n) is 1.11. The second kappa shape index (κ2) is 7.53. The van der Waals surface area contributed by atoms with Crippen molar-refractivity contribution in [1.82, 2.24) is 4.90 Å². The van der Waals surface area contributed by atoms with E-state index in [1.165, 1.54) is 0 Å². The van der Waals surface area contributed by atoms with Crippen molar-refractivity contribution >= 4 is 0 Å². The van der Waals surface area contributed by atoms with Crippen LogP contribution in [-0.2, 0) is 0 Å². The van der Waals surface area contributed by atoms with Crippen LogP contribution < -0.4 is 0 Å². The molecular weight excluding hydrogens is 154 g/mol. The SMILES string of the molecule is CCC(O)CCN(CC)CCO. The molecule has 12 heavy (non-hydrogen) atoms. The highest BCUT2D eigenvalue weighted by molar-refractivity contribution is 4.59. The molecule has 0 amide bonds. The third kappa shape index (κ3) is 5.52. The van der Waals surface area contributed by atoms with Crippen LogP contribution in [0.15, 0.2) is 0 Å². The van der Waals surface area contributed by atoms with Crippen molar-refractivity contribution in [3.8, 4) is 0 Å². The Kier molecular flexibility index (Phi) is 7.45. The molecule has 1 unspecified atom stereocenters. The van der Waals surface area contributed by atoms with E-state index >= 15 is 0 Å². The van der Waals surface area contributed by atoms with Crippen LogP contribution in [0.25, 0.3) is 0 Å². The van der Waals surface area contributed by atoms with E-state index in [4.69, 9.17) is 5.11 Å². The minimum Gasteiger partial charge on any atom is -0.395 e. The molecule has 0 aromatic carbocycles. The highest BCUT2D eigenvalue weighted by Gasteiger charge is 2.04. The Morgan fingerprint density at radius 3 is 2.33 bits per heavy atom. The normalized spacial score (nSPS) is 13.8. The zero-order valence-corrected chi connectivity index (χ0v) is 8.16. The highest BCUT2D eigenvalue weighted by atomic mass is 16.3. The largest absolute Gasteiger partial charge is 0.395 e. The summed E-state index contributed by atoms with van der Waals surface area (Å²) in [5, 5.41) is 18.0. The van der Waals surface area contributed by atoms with Gasteiger partial charge in [-0.2, -0.15) is 0 Å². The number of rotatable bonds is 7. The first kappa shape index (κ1) is 11.9. The number of nitrogens with zero attached hydrogens (tertiary/aromatic N) is 1. The molecule has 0 aliphatic heterocycles. The molecule has 0 rings (SSSR count). The Bertz CT molecular complexity index is 98.5. The fourth-order valence-corrected chi connectivity index (χ4v) is 1.11. The lowest BCUT2D eigenvalue weighted by atomic mass is 10.2. The third-order valence-electron chi connectivity index (χ3n) is 2.11. The van der Waals surface area contributed by atoms with Gasteiger partial charge in [0.15, 0.2) is 0 Å². The second-order valence-corrected chi connectivity index (χ2v) is 3.01. The Morgan fingerprint density at radius 2 is 1.92 bits per heavy atom. The maximum absolute atomic E-state index is 9.28. The Labute approximate surface area is 75.0 Å². The van der Waals surface area contributed by atoms with Gasteiger partial charge in [-0.1, -0.05) is 13.8 Å². The first-order chi connectivity index (χ1) is 5.74. The topological polar surface area (TPSA) is 43.7 Å². The molecule has 0 aliphatic carbocycles. The molecule has 0 fully saturated rings. The fraction of sp³-hybridized carbons (Fsp3) is 1.00. The van der Waals surface area contributed by atoms with Gasteiger partial charge in [0.05, 0.1) is 12.7 Å². The van der Waals surface area contributed by atoms with Crippen molar-refractivity contribution in [1.29, 1.82) is 0 Å². The summed E-state index contributed by atoms with van der Waals surface area (Å²) in [6.45, 7) is 6.78. The monoisotopic (exact) mass is 175 g/mol. The first-order valence-electron chi connectivity index (χ1n) is 4.75. The van der Waals surface area contributed by atoms with Gasteiger partial charge in [0.1, 0.15) is 0 Å². The van der Waals surface area contributed by atoms with Crippen molar-refractivity contribution in [3.05, 3.63) is 0 Å². The smallest absolute Gasteiger partial charge is 0.0558 e. The molecule has 0 aromatic heterocycles.